The molecule has 0 spiro atoms. The largest absolute Gasteiger partial charge is 0.298 e. The van der Waals surface area contributed by atoms with E-state index >= 15 is 0 Å². The van der Waals surface area contributed by atoms with Crippen LogP contribution < -0.4 is 0 Å². The van der Waals surface area contributed by atoms with Crippen LogP contribution in [-0.4, -0.2) is 49.7 Å². The maximum atomic E-state index is 11.7. The Morgan fingerprint density at radius 2 is 1.80 bits per heavy atom. The van der Waals surface area contributed by atoms with Gasteiger partial charge in [0.2, 0.25) is 0 Å². The molecule has 1 aliphatic heterocycles. The lowest BCUT2D eigenvalue weighted by atomic mass is 9.93. The molecule has 1 saturated heterocycles. The summed E-state index contributed by atoms with van der Waals surface area (Å²) in [6, 6.07) is 0.00856. The topological polar surface area (TPSA) is 54.5 Å². The summed E-state index contributed by atoms with van der Waals surface area (Å²) in [5.74, 6) is 0.744. The van der Waals surface area contributed by atoms with E-state index in [0.717, 1.165) is 19.3 Å². The zero-order valence-electron chi connectivity index (χ0n) is 8.81. The molecular formula is C10H17NO3S. The molecular weight excluding hydrogens is 214 g/mol. The minimum atomic E-state index is -2.82. The van der Waals surface area contributed by atoms with Crippen LogP contribution in [0.5, 0.6) is 0 Å². The Morgan fingerprint density at radius 1 is 1.13 bits per heavy atom. The van der Waals surface area contributed by atoms with E-state index in [1.54, 1.807) is 0 Å². The van der Waals surface area contributed by atoms with Crippen LogP contribution in [0.25, 0.3) is 0 Å². The molecule has 1 atom stereocenters. The number of sulfone groups is 1. The van der Waals surface area contributed by atoms with Gasteiger partial charge < -0.3 is 0 Å². The van der Waals surface area contributed by atoms with Crippen molar-refractivity contribution in [2.75, 3.05) is 24.6 Å². The fourth-order valence-electron chi connectivity index (χ4n) is 2.39. The second kappa shape index (κ2) is 4.22. The van der Waals surface area contributed by atoms with Gasteiger partial charge in [0.05, 0.1) is 17.5 Å². The van der Waals surface area contributed by atoms with Gasteiger partial charge in [0.1, 0.15) is 5.78 Å². The third kappa shape index (κ3) is 2.58. The summed E-state index contributed by atoms with van der Waals surface area (Å²) >= 11 is 0. The summed E-state index contributed by atoms with van der Waals surface area (Å²) < 4.78 is 22.5. The number of hydrogen-bond donors (Lipinski definition) is 0. The third-order valence-electron chi connectivity index (χ3n) is 3.34. The number of hydrogen-bond acceptors (Lipinski definition) is 4. The van der Waals surface area contributed by atoms with Gasteiger partial charge in [0, 0.05) is 19.5 Å². The van der Waals surface area contributed by atoms with Crippen molar-refractivity contribution < 1.29 is 13.2 Å². The maximum absolute atomic E-state index is 11.7. The van der Waals surface area contributed by atoms with E-state index in [0.29, 0.717) is 25.3 Å². The van der Waals surface area contributed by atoms with Crippen molar-refractivity contribution in [3.05, 3.63) is 0 Å². The first kappa shape index (κ1) is 11.1. The van der Waals surface area contributed by atoms with E-state index in [-0.39, 0.29) is 17.5 Å². The molecule has 0 radical (unpaired) electrons. The van der Waals surface area contributed by atoms with Gasteiger partial charge in [-0.15, -0.1) is 0 Å². The first-order valence-corrected chi connectivity index (χ1v) is 7.38. The second-order valence-corrected chi connectivity index (χ2v) is 6.72. The highest BCUT2D eigenvalue weighted by Gasteiger charge is 2.32. The molecule has 4 nitrogen and oxygen atoms in total. The second-order valence-electron chi connectivity index (χ2n) is 4.42. The minimum absolute atomic E-state index is 0.00856. The Bertz CT molecular complexity index is 336. The molecule has 0 unspecified atom stereocenters. The highest BCUT2D eigenvalue weighted by atomic mass is 32.2. The summed E-state index contributed by atoms with van der Waals surface area (Å²) in [4.78, 5) is 13.7. The lowest BCUT2D eigenvalue weighted by Gasteiger charge is -2.35. The van der Waals surface area contributed by atoms with Crippen molar-refractivity contribution in [2.24, 2.45) is 0 Å². The van der Waals surface area contributed by atoms with Crippen LogP contribution in [0, 0.1) is 0 Å². The van der Waals surface area contributed by atoms with Gasteiger partial charge in [-0.3, -0.25) is 9.69 Å². The zero-order valence-corrected chi connectivity index (χ0v) is 9.63. The summed E-state index contributed by atoms with van der Waals surface area (Å²) in [7, 11) is -2.82. The van der Waals surface area contributed by atoms with Crippen molar-refractivity contribution in [2.45, 2.75) is 31.7 Å². The Kier molecular flexibility index (Phi) is 3.11. The SMILES string of the molecule is O=C1CCCC[C@@H]1N1CCS(=O)(=O)CC1. The normalized spacial score (nSPS) is 32.8. The smallest absolute Gasteiger partial charge is 0.152 e. The average molecular weight is 231 g/mol. The van der Waals surface area contributed by atoms with Gasteiger partial charge in [-0.1, -0.05) is 6.42 Å². The molecule has 1 heterocycles. The van der Waals surface area contributed by atoms with Crippen molar-refractivity contribution in [3.63, 3.8) is 0 Å². The quantitative estimate of drug-likeness (QED) is 0.648. The van der Waals surface area contributed by atoms with E-state index in [2.05, 4.69) is 4.90 Å². The van der Waals surface area contributed by atoms with Crippen molar-refractivity contribution in [1.29, 1.82) is 0 Å². The monoisotopic (exact) mass is 231 g/mol. The van der Waals surface area contributed by atoms with E-state index < -0.39 is 9.84 Å². The van der Waals surface area contributed by atoms with E-state index in [9.17, 15) is 13.2 Å². The van der Waals surface area contributed by atoms with Gasteiger partial charge in [0.15, 0.2) is 9.84 Å². The van der Waals surface area contributed by atoms with Crippen molar-refractivity contribution in [3.8, 4) is 0 Å². The zero-order chi connectivity index (χ0) is 10.9. The lowest BCUT2D eigenvalue weighted by Crippen LogP contribution is -2.50. The summed E-state index contributed by atoms with van der Waals surface area (Å²) in [5, 5.41) is 0. The summed E-state index contributed by atoms with van der Waals surface area (Å²) in [5.41, 5.74) is 0. The molecule has 86 valence electrons. The lowest BCUT2D eigenvalue weighted by molar-refractivity contribution is -0.126. The van der Waals surface area contributed by atoms with E-state index in [4.69, 9.17) is 0 Å². The van der Waals surface area contributed by atoms with Crippen molar-refractivity contribution in [1.82, 2.24) is 4.90 Å². The molecule has 5 heteroatoms. The highest BCUT2D eigenvalue weighted by molar-refractivity contribution is 7.91. The molecule has 0 aromatic carbocycles. The van der Waals surface area contributed by atoms with Gasteiger partial charge >= 0.3 is 0 Å². The van der Waals surface area contributed by atoms with Crippen LogP contribution in [0.2, 0.25) is 0 Å². The number of nitrogens with zero attached hydrogens (tertiary/aromatic N) is 1. The Morgan fingerprint density at radius 3 is 2.40 bits per heavy atom. The predicted octanol–water partition coefficient (Wildman–Crippen LogP) is 0.229. The van der Waals surface area contributed by atoms with Crippen LogP contribution in [0.1, 0.15) is 25.7 Å². The van der Waals surface area contributed by atoms with Crippen LogP contribution in [0.15, 0.2) is 0 Å². The molecule has 0 amide bonds. The number of ketones is 1. The number of Topliss-reactive ketones (excluding diaryl/α,β-unsaturated/α-hetero) is 1. The summed E-state index contributed by atoms with van der Waals surface area (Å²) in [6.45, 7) is 1.08. The third-order valence-corrected chi connectivity index (χ3v) is 4.95. The first-order chi connectivity index (χ1) is 7.08. The first-order valence-electron chi connectivity index (χ1n) is 5.56. The maximum Gasteiger partial charge on any atom is 0.152 e. The van der Waals surface area contributed by atoms with Crippen LogP contribution in [-0.2, 0) is 14.6 Å². The molecule has 2 aliphatic rings. The van der Waals surface area contributed by atoms with Gasteiger partial charge in [-0.25, -0.2) is 8.42 Å². The fraction of sp³-hybridized carbons (Fsp3) is 0.900. The number of rotatable bonds is 1. The molecule has 0 N–H and O–H groups in total. The van der Waals surface area contributed by atoms with Crippen LogP contribution in [0.3, 0.4) is 0 Å². The Hall–Kier alpha value is -0.420. The van der Waals surface area contributed by atoms with Gasteiger partial charge in [0.25, 0.3) is 0 Å². The van der Waals surface area contributed by atoms with Gasteiger partial charge in [-0.05, 0) is 12.8 Å². The summed E-state index contributed by atoms with van der Waals surface area (Å²) in [6.07, 6.45) is 3.69. The Labute approximate surface area is 90.6 Å². The number of carbonyl (C=O) groups excluding carboxylic acids is 1. The van der Waals surface area contributed by atoms with E-state index in [1.807, 2.05) is 0 Å². The Balaban J connectivity index is 1.97. The molecule has 2 fully saturated rings. The highest BCUT2D eigenvalue weighted by Crippen LogP contribution is 2.21. The molecule has 2 rings (SSSR count). The van der Waals surface area contributed by atoms with E-state index in [1.165, 1.54) is 0 Å². The van der Waals surface area contributed by atoms with Gasteiger partial charge in [-0.2, -0.15) is 0 Å². The molecule has 0 bridgehead atoms. The molecule has 1 aliphatic carbocycles. The molecule has 1 saturated carbocycles. The molecule has 0 aromatic heterocycles. The predicted molar refractivity (Wildman–Crippen MR) is 57.5 cm³/mol. The van der Waals surface area contributed by atoms with Crippen LogP contribution in [0.4, 0.5) is 0 Å². The fourth-order valence-corrected chi connectivity index (χ4v) is 3.62. The minimum Gasteiger partial charge on any atom is -0.298 e. The number of carbonyl (C=O) groups is 1. The molecule has 15 heavy (non-hydrogen) atoms. The average Bonchev–Trinajstić information content (AvgIpc) is 2.19. The molecule has 0 aromatic rings. The van der Waals surface area contributed by atoms with Crippen molar-refractivity contribution >= 4 is 15.6 Å². The standard InChI is InChI=1S/C10H17NO3S/c12-10-4-2-1-3-9(10)11-5-7-15(13,14)8-6-11/h9H,1-8H2/t9-/m0/s1. The van der Waals surface area contributed by atoms with Crippen LogP contribution >= 0.6 is 0 Å².